The molecule has 0 saturated carbocycles. The van der Waals surface area contributed by atoms with Gasteiger partial charge in [-0.3, -0.25) is 15.1 Å². The smallest absolute Gasteiger partial charge is 0.497 e. The Morgan fingerprint density at radius 3 is 2.02 bits per heavy atom. The van der Waals surface area contributed by atoms with Gasteiger partial charge in [0, 0.05) is 15.7 Å². The van der Waals surface area contributed by atoms with Crippen LogP contribution in [0.1, 0.15) is 57.7 Å². The topological polar surface area (TPSA) is 174 Å². The number of ether oxygens (including phenoxy) is 3. The molecule has 0 aromatic heterocycles. The van der Waals surface area contributed by atoms with Crippen LogP contribution in [0.25, 0.3) is 0 Å². The van der Waals surface area contributed by atoms with Gasteiger partial charge in [-0.2, -0.15) is 0 Å². The molecule has 15 heteroatoms. The SMILES string of the molecule is CCC(C)(C)C(=O)SCCO[P+](=O)OC[C@H]1O[C@@H](NC(=O)NC(C)=NC(c2ccccc2)(c2ccc(OC)cc2)c2ccc(OC)cc2)[C@@](C)(O)C1O. The molecule has 0 bridgehead atoms. The summed E-state index contributed by atoms with van der Waals surface area (Å²) in [4.78, 5) is 30.8. The molecule has 1 aliphatic rings. The number of aliphatic imine (C=N–C) groups is 1. The van der Waals surface area contributed by atoms with Gasteiger partial charge in [0.05, 0.1) is 14.2 Å². The summed E-state index contributed by atoms with van der Waals surface area (Å²) in [5.41, 5.74) is -1.14. The standard InChI is InChI=1S/C38H48N3O10PS/c1-8-36(3,4)34(43)53-23-22-49-52(46)50-24-31-32(42)37(5,45)33(51-31)40-35(44)39-25(2)41-38(26-12-10-9-11-13-26,27-14-18-29(47-6)19-15-27)28-16-20-30(48-7)21-17-28/h9-21,31-33,42,45H,8,22-24H2,1-7H3,(H-,39,40,41,44)/p+1/t31-,32?,33-,37+/m1/s1. The fraction of sp³-hybridized carbons (Fsp3) is 0.447. The number of hydrogen-bond donors (Lipinski definition) is 4. The fourth-order valence-corrected chi connectivity index (χ4v) is 7.22. The molecule has 286 valence electrons. The maximum Gasteiger partial charge on any atom is 0.697 e. The van der Waals surface area contributed by atoms with E-state index in [4.69, 9.17) is 28.3 Å². The second-order valence-electron chi connectivity index (χ2n) is 13.3. The minimum absolute atomic E-state index is 0.00490. The summed E-state index contributed by atoms with van der Waals surface area (Å²) in [5, 5.41) is 27.3. The molecule has 3 aromatic rings. The average molecular weight is 771 g/mol. The molecule has 5 atom stereocenters. The molecule has 53 heavy (non-hydrogen) atoms. The molecule has 4 rings (SSSR count). The Morgan fingerprint density at radius 2 is 1.49 bits per heavy atom. The molecule has 2 amide bonds. The van der Waals surface area contributed by atoms with Crippen molar-refractivity contribution in [3.63, 3.8) is 0 Å². The highest BCUT2D eigenvalue weighted by molar-refractivity contribution is 8.13. The highest BCUT2D eigenvalue weighted by Crippen LogP contribution is 2.42. The number of amides is 2. The van der Waals surface area contributed by atoms with Crippen molar-refractivity contribution < 1.29 is 47.6 Å². The van der Waals surface area contributed by atoms with Gasteiger partial charge in [0.1, 0.15) is 53.9 Å². The molecule has 4 N–H and O–H groups in total. The van der Waals surface area contributed by atoms with E-state index in [0.717, 1.165) is 28.5 Å². The third-order valence-electron chi connectivity index (χ3n) is 9.19. The Balaban J connectivity index is 1.47. The van der Waals surface area contributed by atoms with Crippen LogP contribution >= 0.6 is 20.0 Å². The second kappa shape index (κ2) is 18.4. The van der Waals surface area contributed by atoms with Crippen molar-refractivity contribution in [1.82, 2.24) is 10.6 Å². The van der Waals surface area contributed by atoms with Crippen LogP contribution in [0.15, 0.2) is 83.9 Å². The lowest BCUT2D eigenvalue weighted by atomic mass is 9.77. The first kappa shape index (κ1) is 41.9. The van der Waals surface area contributed by atoms with E-state index in [-0.39, 0.29) is 17.6 Å². The summed E-state index contributed by atoms with van der Waals surface area (Å²) in [6, 6.07) is 23.9. The largest absolute Gasteiger partial charge is 0.697 e. The van der Waals surface area contributed by atoms with Crippen LogP contribution in [0.5, 0.6) is 11.5 Å². The van der Waals surface area contributed by atoms with E-state index in [1.165, 1.54) is 6.92 Å². The molecule has 2 unspecified atom stereocenters. The minimum atomic E-state index is -2.61. The zero-order chi connectivity index (χ0) is 38.8. The first-order chi connectivity index (χ1) is 25.2. The number of hydrogen-bond acceptors (Lipinski definition) is 12. The molecule has 3 aromatic carbocycles. The maximum absolute atomic E-state index is 13.4. The van der Waals surface area contributed by atoms with Crippen LogP contribution in [-0.2, 0) is 28.7 Å². The molecule has 0 radical (unpaired) electrons. The number of nitrogens with zero attached hydrogens (tertiary/aromatic N) is 1. The number of thioether (sulfide) groups is 1. The monoisotopic (exact) mass is 770 g/mol. The van der Waals surface area contributed by atoms with Crippen molar-refractivity contribution in [1.29, 1.82) is 0 Å². The van der Waals surface area contributed by atoms with Crippen LogP contribution < -0.4 is 20.1 Å². The molecular weight excluding hydrogens is 721 g/mol. The second-order valence-corrected chi connectivity index (χ2v) is 15.3. The normalized spacial score (nSPS) is 20.8. The lowest BCUT2D eigenvalue weighted by molar-refractivity contribution is -0.118. The highest BCUT2D eigenvalue weighted by atomic mass is 32.2. The number of aliphatic hydroxyl groups is 2. The van der Waals surface area contributed by atoms with Crippen LogP contribution in [0, 0.1) is 5.41 Å². The van der Waals surface area contributed by atoms with E-state index in [1.54, 1.807) is 21.1 Å². The van der Waals surface area contributed by atoms with Crippen molar-refractivity contribution in [2.75, 3.05) is 33.2 Å². The highest BCUT2D eigenvalue weighted by Gasteiger charge is 2.53. The van der Waals surface area contributed by atoms with E-state index in [2.05, 4.69) is 10.6 Å². The zero-order valence-corrected chi connectivity index (χ0v) is 32.7. The zero-order valence-electron chi connectivity index (χ0n) is 31.0. The first-order valence-corrected chi connectivity index (χ1v) is 19.2. The van der Waals surface area contributed by atoms with E-state index in [9.17, 15) is 24.4 Å². The van der Waals surface area contributed by atoms with Crippen molar-refractivity contribution in [3.05, 3.63) is 95.6 Å². The van der Waals surface area contributed by atoms with Gasteiger partial charge >= 0.3 is 14.3 Å². The Labute approximate surface area is 315 Å². The molecule has 1 saturated heterocycles. The fourth-order valence-electron chi connectivity index (χ4n) is 5.62. The van der Waals surface area contributed by atoms with E-state index >= 15 is 0 Å². The van der Waals surface area contributed by atoms with Crippen molar-refractivity contribution in [2.24, 2.45) is 10.4 Å². The van der Waals surface area contributed by atoms with Gasteiger partial charge in [0.25, 0.3) is 0 Å². The molecule has 1 heterocycles. The molecule has 0 aliphatic carbocycles. The van der Waals surface area contributed by atoms with Gasteiger partial charge in [-0.25, -0.2) is 4.79 Å². The van der Waals surface area contributed by atoms with Crippen molar-refractivity contribution in [3.8, 4) is 11.5 Å². The molecular formula is C38H49N3O10PS+. The Kier molecular flexibility index (Phi) is 14.6. The summed E-state index contributed by atoms with van der Waals surface area (Å²) in [6.45, 7) is 8.21. The molecule has 0 spiro atoms. The van der Waals surface area contributed by atoms with E-state index in [0.29, 0.717) is 23.7 Å². The number of aliphatic hydroxyl groups excluding tert-OH is 1. The third kappa shape index (κ3) is 10.2. The molecule has 1 aliphatic heterocycles. The maximum atomic E-state index is 13.4. The van der Waals surface area contributed by atoms with Crippen LogP contribution in [-0.4, -0.2) is 84.4 Å². The summed E-state index contributed by atoms with van der Waals surface area (Å²) >= 11 is 1.10. The number of rotatable bonds is 16. The summed E-state index contributed by atoms with van der Waals surface area (Å²) in [7, 11) is 0.571. The van der Waals surface area contributed by atoms with Crippen LogP contribution in [0.3, 0.4) is 0 Å². The van der Waals surface area contributed by atoms with E-state index in [1.807, 2.05) is 99.6 Å². The predicted molar refractivity (Wildman–Crippen MR) is 203 cm³/mol. The lowest BCUT2D eigenvalue weighted by Crippen LogP contribution is -2.55. The van der Waals surface area contributed by atoms with Gasteiger partial charge in [-0.1, -0.05) is 87.1 Å². The van der Waals surface area contributed by atoms with E-state index < -0.39 is 55.9 Å². The number of methoxy groups -OCH3 is 2. The van der Waals surface area contributed by atoms with Gasteiger partial charge in [0.2, 0.25) is 0 Å². The van der Waals surface area contributed by atoms with Crippen molar-refractivity contribution >= 4 is 37.0 Å². The first-order valence-electron chi connectivity index (χ1n) is 17.1. The van der Waals surface area contributed by atoms with Crippen LogP contribution in [0.2, 0.25) is 0 Å². The number of urea groups is 1. The molecule has 13 nitrogen and oxygen atoms in total. The lowest BCUT2D eigenvalue weighted by Gasteiger charge is -2.33. The molecule has 1 fully saturated rings. The summed E-state index contributed by atoms with van der Waals surface area (Å²) < 4.78 is 39.4. The van der Waals surface area contributed by atoms with Gasteiger partial charge in [-0.05, 0) is 61.2 Å². The summed E-state index contributed by atoms with van der Waals surface area (Å²) in [5.74, 6) is 1.84. The van der Waals surface area contributed by atoms with Gasteiger partial charge < -0.3 is 29.7 Å². The Bertz CT molecular complexity index is 1670. The minimum Gasteiger partial charge on any atom is -0.497 e. The summed E-state index contributed by atoms with van der Waals surface area (Å²) in [6.07, 6.45) is -3.33. The number of carbonyl (C=O) groups excluding carboxylic acids is 2. The van der Waals surface area contributed by atoms with Gasteiger partial charge in [0.15, 0.2) is 11.3 Å². The number of amidine groups is 1. The number of carbonyl (C=O) groups is 2. The van der Waals surface area contributed by atoms with Crippen LogP contribution in [0.4, 0.5) is 4.79 Å². The third-order valence-corrected chi connectivity index (χ3v) is 11.1. The van der Waals surface area contributed by atoms with Crippen molar-refractivity contribution in [2.45, 2.75) is 70.6 Å². The van der Waals surface area contributed by atoms with Gasteiger partial charge in [-0.15, -0.1) is 9.05 Å². The Hall–Kier alpha value is -3.88. The Morgan fingerprint density at radius 1 is 0.943 bits per heavy atom. The number of benzene rings is 3. The quantitative estimate of drug-likeness (QED) is 0.0447. The predicted octanol–water partition coefficient (Wildman–Crippen LogP) is 5.94. The number of nitrogens with one attached hydrogen (secondary N) is 2. The average Bonchev–Trinajstić information content (AvgIpc) is 3.37.